The first-order valence-electron chi connectivity index (χ1n) is 7.40. The van der Waals surface area contributed by atoms with Gasteiger partial charge in [0.1, 0.15) is 5.65 Å². The third-order valence-corrected chi connectivity index (χ3v) is 4.30. The highest BCUT2D eigenvalue weighted by atomic mass is 79.9. The number of guanidine groups is 1. The number of fused-ring (bicyclic) bond motifs is 1. The smallest absolute Gasteiger partial charge is 0.189 e. The van der Waals surface area contributed by atoms with Crippen LogP contribution in [0.2, 0.25) is 0 Å². The lowest BCUT2D eigenvalue weighted by Crippen LogP contribution is -2.41. The van der Waals surface area contributed by atoms with Crippen molar-refractivity contribution in [2.24, 2.45) is 10.7 Å². The lowest BCUT2D eigenvalue weighted by Gasteiger charge is -2.23. The summed E-state index contributed by atoms with van der Waals surface area (Å²) >= 11 is 3.45. The van der Waals surface area contributed by atoms with E-state index in [0.29, 0.717) is 18.5 Å². The fraction of sp³-hybridized carbons (Fsp3) is 0.467. The average Bonchev–Trinajstić information content (AvgIpc) is 2.88. The monoisotopic (exact) mass is 349 g/mol. The van der Waals surface area contributed by atoms with E-state index in [1.165, 1.54) is 32.1 Å². The molecule has 0 radical (unpaired) electrons. The molecule has 1 fully saturated rings. The molecule has 2 heterocycles. The molecule has 3 N–H and O–H groups in total. The summed E-state index contributed by atoms with van der Waals surface area (Å²) in [5, 5.41) is 3.32. The van der Waals surface area contributed by atoms with Gasteiger partial charge < -0.3 is 15.5 Å². The van der Waals surface area contributed by atoms with Gasteiger partial charge in [-0.2, -0.15) is 0 Å². The molecule has 3 rings (SSSR count). The molecule has 0 unspecified atom stereocenters. The number of nitrogens with two attached hydrogens (primary N) is 1. The number of rotatable bonds is 3. The fourth-order valence-electron chi connectivity index (χ4n) is 2.76. The molecule has 0 spiro atoms. The molecule has 5 nitrogen and oxygen atoms in total. The summed E-state index contributed by atoms with van der Waals surface area (Å²) in [5.74, 6) is 0.528. The first kappa shape index (κ1) is 14.4. The molecule has 0 bridgehead atoms. The summed E-state index contributed by atoms with van der Waals surface area (Å²) in [6.07, 6.45) is 10.3. The van der Waals surface area contributed by atoms with Crippen molar-refractivity contribution in [3.8, 4) is 0 Å². The van der Waals surface area contributed by atoms with Crippen molar-refractivity contribution in [2.45, 2.75) is 44.7 Å². The highest BCUT2D eigenvalue weighted by Gasteiger charge is 2.13. The van der Waals surface area contributed by atoms with E-state index in [9.17, 15) is 0 Å². The maximum absolute atomic E-state index is 5.97. The summed E-state index contributed by atoms with van der Waals surface area (Å²) in [4.78, 5) is 8.93. The highest BCUT2D eigenvalue weighted by Crippen LogP contribution is 2.17. The van der Waals surface area contributed by atoms with Crippen LogP contribution in [0.15, 0.2) is 34.0 Å². The molecule has 0 amide bonds. The number of aromatic nitrogens is 2. The Morgan fingerprint density at radius 2 is 2.14 bits per heavy atom. The molecule has 0 saturated heterocycles. The molecule has 1 saturated carbocycles. The van der Waals surface area contributed by atoms with Gasteiger partial charge in [0.25, 0.3) is 0 Å². The van der Waals surface area contributed by atoms with Gasteiger partial charge in [0.15, 0.2) is 5.96 Å². The number of hydrogen-bond donors (Lipinski definition) is 2. The highest BCUT2D eigenvalue weighted by molar-refractivity contribution is 9.10. The number of imidazole rings is 1. The fourth-order valence-corrected chi connectivity index (χ4v) is 3.11. The molecule has 2 aromatic heterocycles. The summed E-state index contributed by atoms with van der Waals surface area (Å²) in [6, 6.07) is 4.44. The average molecular weight is 350 g/mol. The van der Waals surface area contributed by atoms with Crippen LogP contribution >= 0.6 is 15.9 Å². The van der Waals surface area contributed by atoms with Crippen molar-refractivity contribution >= 4 is 27.5 Å². The molecule has 0 aliphatic heterocycles. The predicted octanol–water partition coefficient (Wildman–Crippen LogP) is 2.83. The van der Waals surface area contributed by atoms with Gasteiger partial charge in [-0.15, -0.1) is 0 Å². The third-order valence-electron chi connectivity index (χ3n) is 3.83. The maximum Gasteiger partial charge on any atom is 0.189 e. The maximum atomic E-state index is 5.97. The molecule has 0 aromatic carbocycles. The molecule has 0 atom stereocenters. The van der Waals surface area contributed by atoms with Crippen molar-refractivity contribution in [3.05, 3.63) is 34.7 Å². The van der Waals surface area contributed by atoms with E-state index in [4.69, 9.17) is 5.73 Å². The number of aliphatic imine (C=N–C) groups is 1. The minimum Gasteiger partial charge on any atom is -0.370 e. The van der Waals surface area contributed by atoms with E-state index in [-0.39, 0.29) is 0 Å². The van der Waals surface area contributed by atoms with E-state index in [1.807, 2.05) is 28.9 Å². The molecular weight excluding hydrogens is 330 g/mol. The quantitative estimate of drug-likeness (QED) is 0.661. The van der Waals surface area contributed by atoms with Crippen LogP contribution in [0.3, 0.4) is 0 Å². The van der Waals surface area contributed by atoms with E-state index in [1.54, 1.807) is 0 Å². The lowest BCUT2D eigenvalue weighted by molar-refractivity contribution is 0.412. The number of nitrogens with zero attached hydrogens (tertiary/aromatic N) is 3. The van der Waals surface area contributed by atoms with Crippen LogP contribution in [-0.4, -0.2) is 21.4 Å². The summed E-state index contributed by atoms with van der Waals surface area (Å²) in [7, 11) is 0. The van der Waals surface area contributed by atoms with Crippen LogP contribution in [0.25, 0.3) is 5.65 Å². The molecule has 112 valence electrons. The van der Waals surface area contributed by atoms with E-state index >= 15 is 0 Å². The van der Waals surface area contributed by atoms with Gasteiger partial charge in [-0.3, -0.25) is 0 Å². The van der Waals surface area contributed by atoms with Gasteiger partial charge in [0, 0.05) is 22.9 Å². The first-order valence-corrected chi connectivity index (χ1v) is 8.19. The SMILES string of the molecule is NC(=NCc1cn2cc(Br)ccc2n1)NC1CCCCC1. The Morgan fingerprint density at radius 1 is 1.33 bits per heavy atom. The Morgan fingerprint density at radius 3 is 2.95 bits per heavy atom. The van der Waals surface area contributed by atoms with Crippen LogP contribution in [0.4, 0.5) is 0 Å². The minimum atomic E-state index is 0.486. The zero-order valence-corrected chi connectivity index (χ0v) is 13.5. The Kier molecular flexibility index (Phi) is 4.43. The second-order valence-electron chi connectivity index (χ2n) is 5.53. The predicted molar refractivity (Wildman–Crippen MR) is 88.2 cm³/mol. The third kappa shape index (κ3) is 3.75. The van der Waals surface area contributed by atoms with Gasteiger partial charge in [-0.05, 0) is 40.9 Å². The van der Waals surface area contributed by atoms with Gasteiger partial charge >= 0.3 is 0 Å². The zero-order chi connectivity index (χ0) is 14.7. The molecule has 1 aliphatic rings. The number of hydrogen-bond acceptors (Lipinski definition) is 2. The number of nitrogens with one attached hydrogen (secondary N) is 1. The van der Waals surface area contributed by atoms with Gasteiger partial charge in [0.05, 0.1) is 12.2 Å². The van der Waals surface area contributed by atoms with Gasteiger partial charge in [0.2, 0.25) is 0 Å². The van der Waals surface area contributed by atoms with Gasteiger partial charge in [-0.1, -0.05) is 19.3 Å². The van der Waals surface area contributed by atoms with Crippen molar-refractivity contribution in [3.63, 3.8) is 0 Å². The lowest BCUT2D eigenvalue weighted by atomic mass is 9.96. The Balaban J connectivity index is 1.62. The van der Waals surface area contributed by atoms with E-state index < -0.39 is 0 Å². The van der Waals surface area contributed by atoms with Crippen molar-refractivity contribution in [1.29, 1.82) is 0 Å². The number of pyridine rings is 1. The summed E-state index contributed by atoms with van der Waals surface area (Å²) < 4.78 is 3.01. The second-order valence-corrected chi connectivity index (χ2v) is 6.44. The molecule has 1 aliphatic carbocycles. The van der Waals surface area contributed by atoms with Crippen molar-refractivity contribution in [2.75, 3.05) is 0 Å². The first-order chi connectivity index (χ1) is 10.2. The molecule has 21 heavy (non-hydrogen) atoms. The Bertz CT molecular complexity index is 643. The van der Waals surface area contributed by atoms with Crippen LogP contribution in [0.1, 0.15) is 37.8 Å². The van der Waals surface area contributed by atoms with Gasteiger partial charge in [-0.25, -0.2) is 9.98 Å². The van der Waals surface area contributed by atoms with E-state index in [0.717, 1.165) is 15.8 Å². The van der Waals surface area contributed by atoms with Crippen molar-refractivity contribution < 1.29 is 0 Å². The molecule has 6 heteroatoms. The molecule has 2 aromatic rings. The normalized spacial score (nSPS) is 17.3. The van der Waals surface area contributed by atoms with Crippen LogP contribution in [0.5, 0.6) is 0 Å². The largest absolute Gasteiger partial charge is 0.370 e. The van der Waals surface area contributed by atoms with Crippen LogP contribution in [-0.2, 0) is 6.54 Å². The summed E-state index contributed by atoms with van der Waals surface area (Å²) in [6.45, 7) is 0.505. The number of halogens is 1. The minimum absolute atomic E-state index is 0.486. The Labute approximate surface area is 132 Å². The Hall–Kier alpha value is -1.56. The zero-order valence-electron chi connectivity index (χ0n) is 11.9. The van der Waals surface area contributed by atoms with Crippen LogP contribution < -0.4 is 11.1 Å². The molecular formula is C15H20BrN5. The van der Waals surface area contributed by atoms with E-state index in [2.05, 4.69) is 31.2 Å². The topological polar surface area (TPSA) is 67.7 Å². The second kappa shape index (κ2) is 6.47. The van der Waals surface area contributed by atoms with Crippen molar-refractivity contribution in [1.82, 2.24) is 14.7 Å². The summed E-state index contributed by atoms with van der Waals surface area (Å²) in [5.41, 5.74) is 7.80. The van der Waals surface area contributed by atoms with Crippen LogP contribution in [0, 0.1) is 0 Å². The standard InChI is InChI=1S/C15H20BrN5/c16-11-6-7-14-19-13(10-21(14)9-11)8-18-15(17)20-12-4-2-1-3-5-12/h6-7,9-10,12H,1-5,8H2,(H3,17,18,20).